The van der Waals surface area contributed by atoms with Crippen LogP contribution in [0.15, 0.2) is 63.8 Å². The van der Waals surface area contributed by atoms with Crippen molar-refractivity contribution in [2.75, 3.05) is 6.61 Å². The summed E-state index contributed by atoms with van der Waals surface area (Å²) in [5, 5.41) is 16.9. The van der Waals surface area contributed by atoms with Gasteiger partial charge in [0.1, 0.15) is 12.1 Å². The van der Waals surface area contributed by atoms with E-state index in [4.69, 9.17) is 4.74 Å². The number of aliphatic imine (C=N–C) groups is 1. The molecule has 134 valence electrons. The summed E-state index contributed by atoms with van der Waals surface area (Å²) in [5.41, 5.74) is -1.17. The van der Waals surface area contributed by atoms with Crippen molar-refractivity contribution in [3.05, 3.63) is 54.1 Å². The molecule has 0 bridgehead atoms. The van der Waals surface area contributed by atoms with Gasteiger partial charge in [0.25, 0.3) is 5.66 Å². The van der Waals surface area contributed by atoms with Crippen molar-refractivity contribution < 1.29 is 27.8 Å². The SMILES string of the molecule is O=C(O)C1(c2ccccc2-c2ccccc2OCC(F)(F)F)N=CN=N1. The van der Waals surface area contributed by atoms with E-state index < -0.39 is 24.4 Å². The molecule has 6 nitrogen and oxygen atoms in total. The number of alkyl halides is 3. The first-order valence-corrected chi connectivity index (χ1v) is 7.41. The molecule has 1 aliphatic rings. The van der Waals surface area contributed by atoms with Gasteiger partial charge in [-0.25, -0.2) is 9.79 Å². The summed E-state index contributed by atoms with van der Waals surface area (Å²) in [5.74, 6) is -1.38. The minimum atomic E-state index is -4.50. The van der Waals surface area contributed by atoms with Crippen molar-refractivity contribution in [1.29, 1.82) is 0 Å². The van der Waals surface area contributed by atoms with Gasteiger partial charge in [0.2, 0.25) is 0 Å². The number of aliphatic carboxylic acids is 1. The van der Waals surface area contributed by atoms with Crippen LogP contribution in [0.1, 0.15) is 5.56 Å². The average Bonchev–Trinajstić information content (AvgIpc) is 3.11. The fraction of sp³-hybridized carbons (Fsp3) is 0.176. The molecule has 0 saturated heterocycles. The van der Waals surface area contributed by atoms with Crippen molar-refractivity contribution in [3.63, 3.8) is 0 Å². The second kappa shape index (κ2) is 6.58. The maximum atomic E-state index is 12.5. The number of para-hydroxylation sites is 1. The van der Waals surface area contributed by atoms with E-state index in [2.05, 4.69) is 15.2 Å². The molecule has 0 aromatic heterocycles. The molecule has 1 N–H and O–H groups in total. The topological polar surface area (TPSA) is 83.6 Å². The Balaban J connectivity index is 2.12. The van der Waals surface area contributed by atoms with Crippen LogP contribution in [0.2, 0.25) is 0 Å². The van der Waals surface area contributed by atoms with Crippen LogP contribution < -0.4 is 4.74 Å². The molecule has 3 rings (SSSR count). The minimum Gasteiger partial charge on any atom is -0.483 e. The van der Waals surface area contributed by atoms with Gasteiger partial charge in [-0.05, 0) is 11.6 Å². The van der Waals surface area contributed by atoms with Crippen molar-refractivity contribution in [3.8, 4) is 16.9 Å². The van der Waals surface area contributed by atoms with Crippen molar-refractivity contribution in [2.45, 2.75) is 11.8 Å². The lowest BCUT2D eigenvalue weighted by molar-refractivity contribution is -0.153. The van der Waals surface area contributed by atoms with E-state index in [9.17, 15) is 23.1 Å². The number of rotatable bonds is 5. The van der Waals surface area contributed by atoms with Gasteiger partial charge in [0.05, 0.1) is 0 Å². The number of nitrogens with zero attached hydrogens (tertiary/aromatic N) is 3. The Bertz CT molecular complexity index is 882. The molecule has 1 heterocycles. The molecule has 2 aromatic carbocycles. The maximum absolute atomic E-state index is 12.5. The third kappa shape index (κ3) is 3.28. The summed E-state index contributed by atoms with van der Waals surface area (Å²) in [6.45, 7) is -1.46. The molecule has 0 radical (unpaired) electrons. The largest absolute Gasteiger partial charge is 0.483 e. The van der Waals surface area contributed by atoms with Crippen LogP contribution in [0.25, 0.3) is 11.1 Å². The highest BCUT2D eigenvalue weighted by Gasteiger charge is 2.44. The molecule has 1 unspecified atom stereocenters. The lowest BCUT2D eigenvalue weighted by Crippen LogP contribution is -2.30. The zero-order chi connectivity index (χ0) is 18.8. The van der Waals surface area contributed by atoms with Gasteiger partial charge < -0.3 is 9.84 Å². The van der Waals surface area contributed by atoms with Crippen molar-refractivity contribution >= 4 is 12.3 Å². The van der Waals surface area contributed by atoms with Gasteiger partial charge >= 0.3 is 12.1 Å². The highest BCUT2D eigenvalue weighted by atomic mass is 19.4. The van der Waals surface area contributed by atoms with Crippen LogP contribution >= 0.6 is 0 Å². The van der Waals surface area contributed by atoms with Crippen LogP contribution in [0.5, 0.6) is 5.75 Å². The molecular weight excluding hydrogens is 351 g/mol. The number of halogens is 3. The number of hydrogen-bond donors (Lipinski definition) is 1. The first-order valence-electron chi connectivity index (χ1n) is 7.41. The van der Waals surface area contributed by atoms with E-state index in [0.29, 0.717) is 11.1 Å². The Labute approximate surface area is 145 Å². The lowest BCUT2D eigenvalue weighted by Gasteiger charge is -2.21. The quantitative estimate of drug-likeness (QED) is 0.871. The Kier molecular flexibility index (Phi) is 4.45. The summed E-state index contributed by atoms with van der Waals surface area (Å²) >= 11 is 0. The Hall–Kier alpha value is -3.23. The van der Waals surface area contributed by atoms with E-state index in [0.717, 1.165) is 6.34 Å². The van der Waals surface area contributed by atoms with Crippen LogP contribution in [0.3, 0.4) is 0 Å². The monoisotopic (exact) mass is 363 g/mol. The van der Waals surface area contributed by atoms with E-state index in [1.54, 1.807) is 24.3 Å². The van der Waals surface area contributed by atoms with Gasteiger partial charge in [-0.2, -0.15) is 13.2 Å². The predicted molar refractivity (Wildman–Crippen MR) is 86.1 cm³/mol. The Morgan fingerprint density at radius 3 is 2.35 bits per heavy atom. The predicted octanol–water partition coefficient (Wildman–Crippen LogP) is 4.03. The van der Waals surface area contributed by atoms with E-state index >= 15 is 0 Å². The molecule has 1 atom stereocenters. The summed E-state index contributed by atoms with van der Waals surface area (Å²) in [7, 11) is 0. The fourth-order valence-corrected chi connectivity index (χ4v) is 2.58. The van der Waals surface area contributed by atoms with Gasteiger partial charge in [0, 0.05) is 11.1 Å². The molecule has 0 spiro atoms. The number of carboxylic acid groups (broad SMARTS) is 1. The average molecular weight is 363 g/mol. The van der Waals surface area contributed by atoms with Crippen LogP contribution in [0, 0.1) is 0 Å². The standard InChI is InChI=1S/C17H12F3N3O3/c18-16(19,20)9-26-14-8-4-2-6-12(14)11-5-1-3-7-13(11)17(15(24)25)21-10-22-23-17/h1-8,10H,9H2,(H,24,25). The number of carboxylic acids is 1. The summed E-state index contributed by atoms with van der Waals surface area (Å²) in [4.78, 5) is 15.7. The molecule has 0 aliphatic carbocycles. The number of hydrogen-bond acceptors (Lipinski definition) is 5. The first kappa shape index (κ1) is 17.6. The molecule has 9 heteroatoms. The molecule has 26 heavy (non-hydrogen) atoms. The van der Waals surface area contributed by atoms with Crippen molar-refractivity contribution in [1.82, 2.24) is 0 Å². The van der Waals surface area contributed by atoms with Crippen LogP contribution in [-0.4, -0.2) is 30.2 Å². The third-order valence-electron chi connectivity index (χ3n) is 3.67. The second-order valence-corrected chi connectivity index (χ2v) is 5.38. The van der Waals surface area contributed by atoms with Gasteiger partial charge in [-0.15, -0.1) is 10.2 Å². The van der Waals surface area contributed by atoms with Crippen LogP contribution in [-0.2, 0) is 10.5 Å². The number of ether oxygens (including phenoxy) is 1. The second-order valence-electron chi connectivity index (χ2n) is 5.38. The molecule has 0 saturated carbocycles. The summed E-state index contributed by atoms with van der Waals surface area (Å²) in [6, 6.07) is 12.3. The Morgan fingerprint density at radius 2 is 1.73 bits per heavy atom. The van der Waals surface area contributed by atoms with E-state index in [1.165, 1.54) is 24.3 Å². The van der Waals surface area contributed by atoms with E-state index in [1.807, 2.05) is 0 Å². The zero-order valence-electron chi connectivity index (χ0n) is 13.1. The smallest absolute Gasteiger partial charge is 0.422 e. The fourth-order valence-electron chi connectivity index (χ4n) is 2.58. The molecule has 2 aromatic rings. The molecule has 0 fully saturated rings. The molecule has 1 aliphatic heterocycles. The third-order valence-corrected chi connectivity index (χ3v) is 3.67. The Morgan fingerprint density at radius 1 is 1.08 bits per heavy atom. The summed E-state index contributed by atoms with van der Waals surface area (Å²) in [6.07, 6.45) is -3.48. The first-order chi connectivity index (χ1) is 12.3. The summed E-state index contributed by atoms with van der Waals surface area (Å²) < 4.78 is 42.5. The number of azo groups is 1. The normalized spacial score (nSPS) is 18.9. The maximum Gasteiger partial charge on any atom is 0.422 e. The van der Waals surface area contributed by atoms with Gasteiger partial charge in [-0.1, -0.05) is 42.5 Å². The highest BCUT2D eigenvalue weighted by molar-refractivity contribution is 5.88. The zero-order valence-corrected chi connectivity index (χ0v) is 13.1. The minimum absolute atomic E-state index is 0.0308. The number of benzene rings is 2. The van der Waals surface area contributed by atoms with Gasteiger partial charge in [0.15, 0.2) is 6.61 Å². The highest BCUT2D eigenvalue weighted by Crippen LogP contribution is 2.41. The van der Waals surface area contributed by atoms with Crippen molar-refractivity contribution in [2.24, 2.45) is 15.2 Å². The van der Waals surface area contributed by atoms with E-state index in [-0.39, 0.29) is 11.3 Å². The molecule has 0 amide bonds. The molecular formula is C17H12F3N3O3. The lowest BCUT2D eigenvalue weighted by atomic mass is 9.91. The number of carbonyl (C=O) groups is 1. The van der Waals surface area contributed by atoms with Crippen LogP contribution in [0.4, 0.5) is 13.2 Å². The van der Waals surface area contributed by atoms with Gasteiger partial charge in [-0.3, -0.25) is 0 Å².